The maximum atomic E-state index is 2.67. The van der Waals surface area contributed by atoms with Gasteiger partial charge in [-0.2, -0.15) is 0 Å². The molecule has 0 bridgehead atoms. The molecule has 0 fully saturated rings. The molecule has 4 heteroatoms. The molecule has 0 aliphatic heterocycles. The van der Waals surface area contributed by atoms with E-state index in [9.17, 15) is 0 Å². The second kappa shape index (κ2) is 16.8. The van der Waals surface area contributed by atoms with Crippen molar-refractivity contribution in [3.63, 3.8) is 0 Å². The molecule has 2 aliphatic rings. The largest absolute Gasteiger partial charge is 1.00 e. The number of rotatable bonds is 6. The average molecular weight is 867 g/mol. The minimum atomic E-state index is -2.76. The van der Waals surface area contributed by atoms with Gasteiger partial charge in [0.15, 0.2) is 0 Å². The van der Waals surface area contributed by atoms with Crippen molar-refractivity contribution in [2.24, 2.45) is 0 Å². The molecule has 0 heterocycles. The van der Waals surface area contributed by atoms with Gasteiger partial charge in [0.2, 0.25) is 0 Å². The normalized spacial score (nSPS) is 13.2. The summed E-state index contributed by atoms with van der Waals surface area (Å²) < 4.78 is 2.13. The van der Waals surface area contributed by atoms with E-state index in [0.717, 1.165) is 6.42 Å². The zero-order chi connectivity index (χ0) is 37.8. The average Bonchev–Trinajstić information content (AvgIpc) is 3.79. The van der Waals surface area contributed by atoms with Crippen molar-refractivity contribution >= 4 is 15.8 Å². The van der Waals surface area contributed by atoms with Gasteiger partial charge in [-0.1, -0.05) is 0 Å². The van der Waals surface area contributed by atoms with Gasteiger partial charge < -0.3 is 24.8 Å². The quantitative estimate of drug-likeness (QED) is 0.166. The molecule has 0 nitrogen and oxygen atoms in total. The molecule has 282 valence electrons. The molecule has 2 aliphatic carbocycles. The van der Waals surface area contributed by atoms with Crippen LogP contribution in [0, 0.1) is 13.8 Å². The van der Waals surface area contributed by atoms with E-state index in [-0.39, 0.29) is 35.6 Å². The number of hydrogen-bond acceptors (Lipinski definition) is 0. The summed E-state index contributed by atoms with van der Waals surface area (Å²) >= 11 is -2.76. The van der Waals surface area contributed by atoms with Crippen molar-refractivity contribution in [3.05, 3.63) is 188 Å². The van der Waals surface area contributed by atoms with E-state index in [1.807, 2.05) is 0 Å². The fourth-order valence-corrected chi connectivity index (χ4v) is 31.1. The third-order valence-corrected chi connectivity index (χ3v) is 31.1. The van der Waals surface area contributed by atoms with Crippen LogP contribution in [0.4, 0.5) is 0 Å². The van der Waals surface area contributed by atoms with Gasteiger partial charge in [0.05, 0.1) is 0 Å². The summed E-state index contributed by atoms with van der Waals surface area (Å²) in [6, 6.07) is 52.2. The van der Waals surface area contributed by atoms with Crippen LogP contribution in [0.15, 0.2) is 155 Å². The first kappa shape index (κ1) is 42.1. The minimum Gasteiger partial charge on any atom is -1.00 e. The summed E-state index contributed by atoms with van der Waals surface area (Å²) in [6.07, 6.45) is 8.41. The van der Waals surface area contributed by atoms with Gasteiger partial charge in [0.25, 0.3) is 0 Å². The minimum absolute atomic E-state index is 0. The Balaban J connectivity index is 0.00000266. The van der Waals surface area contributed by atoms with Crippen LogP contribution in [0.1, 0.15) is 85.0 Å². The predicted molar refractivity (Wildman–Crippen MR) is 231 cm³/mol. The van der Waals surface area contributed by atoms with Gasteiger partial charge in [0, 0.05) is 0 Å². The van der Waals surface area contributed by atoms with Crippen molar-refractivity contribution in [2.45, 2.75) is 76.3 Å². The van der Waals surface area contributed by atoms with Gasteiger partial charge in [-0.3, -0.25) is 0 Å². The topological polar surface area (TPSA) is 0 Å². The second-order valence-electron chi connectivity index (χ2n) is 17.5. The standard InChI is InChI=1S/C33H33.C14H14Si.C5H5.2ClH.Zr/c1-32(2,3)30-20-26-24(18-28(30)22-13-9-7-10-14-22)17-25-19-29(23-15-11-8-12-16-23)31(21-27(25)26)33(4,5)6;1-11-5-3-7-13(9-11)15-14-8-4-6-12(2)10-14;1-2-4-5-3-1;;;/h7-21H,1-6H3;3-10H,1-2H3;1-3H,4H2;2*1H;/q;;;;;+2/p-2. The van der Waals surface area contributed by atoms with E-state index in [4.69, 9.17) is 0 Å². The maximum Gasteiger partial charge on any atom is -1.00 e. The number of halogens is 2. The molecule has 0 spiro atoms. The molecule has 0 atom stereocenters. The molecule has 6 aromatic rings. The van der Waals surface area contributed by atoms with E-state index in [0.29, 0.717) is 3.63 Å². The van der Waals surface area contributed by atoms with Crippen LogP contribution in [0.3, 0.4) is 0 Å². The SMILES string of the molecule is Cc1cccc([Si](c2cccc(C)c2)=[Zr+2]([C]2=CC=CC2)[CH]2c3cc(-c4ccccc4)c(C(C)(C)C)cc3-c3cc(C(C)(C)C)c(-c4ccccc4)cc32)c1.[Cl-].[Cl-]. The molecular formula is C52H52Cl2SiZr. The summed E-state index contributed by atoms with van der Waals surface area (Å²) in [7, 11) is 0. The molecule has 8 rings (SSSR count). The molecule has 0 saturated carbocycles. The smallest absolute Gasteiger partial charge is 1.00 e. The zero-order valence-electron chi connectivity index (χ0n) is 34.0. The summed E-state index contributed by atoms with van der Waals surface area (Å²) in [5, 5.41) is 3.15. The zero-order valence-corrected chi connectivity index (χ0v) is 38.9. The first-order valence-electron chi connectivity index (χ1n) is 19.6. The molecule has 6 aromatic carbocycles. The summed E-state index contributed by atoms with van der Waals surface area (Å²) in [4.78, 5) is 0. The van der Waals surface area contributed by atoms with Crippen LogP contribution in [0.25, 0.3) is 33.4 Å². The summed E-state index contributed by atoms with van der Waals surface area (Å²) in [6.45, 7) is 18.9. The maximum absolute atomic E-state index is 2.76. The second-order valence-corrected chi connectivity index (χ2v) is 31.3. The molecular weight excluding hydrogens is 815 g/mol. The fourth-order valence-electron chi connectivity index (χ4n) is 8.83. The van der Waals surface area contributed by atoms with E-state index in [1.165, 1.54) is 55.6 Å². The molecule has 56 heavy (non-hydrogen) atoms. The number of benzene rings is 6. The molecule has 0 amide bonds. The van der Waals surface area contributed by atoms with Crippen LogP contribution >= 0.6 is 0 Å². The van der Waals surface area contributed by atoms with Crippen molar-refractivity contribution < 1.29 is 45.2 Å². The van der Waals surface area contributed by atoms with Gasteiger partial charge in [-0.05, 0) is 0 Å². The monoisotopic (exact) mass is 864 g/mol. The number of fused-ring (bicyclic) bond motifs is 3. The van der Waals surface area contributed by atoms with Crippen molar-refractivity contribution in [3.8, 4) is 33.4 Å². The summed E-state index contributed by atoms with van der Waals surface area (Å²) in [5.41, 5.74) is 15.8. The third kappa shape index (κ3) is 8.11. The number of hydrogen-bond donors (Lipinski definition) is 0. The van der Waals surface area contributed by atoms with Crippen LogP contribution in [-0.2, 0) is 31.2 Å². The Hall–Kier alpha value is -3.52. The Labute approximate surface area is 356 Å². The van der Waals surface area contributed by atoms with E-state index < -0.39 is 25.8 Å². The Morgan fingerprint density at radius 1 is 0.518 bits per heavy atom. The molecule has 0 aromatic heterocycles. The first-order valence-corrected chi connectivity index (χ1v) is 27.4. The Kier molecular flexibility index (Phi) is 12.6. The Bertz CT molecular complexity index is 2340. The number of allylic oxidation sites excluding steroid dienone is 4. The van der Waals surface area contributed by atoms with Crippen LogP contribution < -0.4 is 35.2 Å². The van der Waals surface area contributed by atoms with Gasteiger partial charge in [0.1, 0.15) is 0 Å². The van der Waals surface area contributed by atoms with E-state index in [1.54, 1.807) is 24.8 Å². The fraction of sp³-hybridized carbons (Fsp3) is 0.231. The molecule has 0 N–H and O–H groups in total. The van der Waals surface area contributed by atoms with Crippen molar-refractivity contribution in [1.29, 1.82) is 0 Å². The first-order chi connectivity index (χ1) is 25.9. The molecule has 0 radical (unpaired) electrons. The predicted octanol–water partition coefficient (Wildman–Crippen LogP) is 6.58. The molecule has 0 unspecified atom stereocenters. The third-order valence-electron chi connectivity index (χ3n) is 11.4. The Morgan fingerprint density at radius 2 is 0.964 bits per heavy atom. The van der Waals surface area contributed by atoms with E-state index in [2.05, 4.69) is 207 Å². The Morgan fingerprint density at radius 3 is 1.34 bits per heavy atom. The van der Waals surface area contributed by atoms with Crippen LogP contribution in [-0.4, -0.2) is 5.43 Å². The van der Waals surface area contributed by atoms with Crippen LogP contribution in [0.2, 0.25) is 0 Å². The number of aryl methyl sites for hydroxylation is 2. The van der Waals surface area contributed by atoms with Gasteiger partial charge in [-0.15, -0.1) is 0 Å². The summed E-state index contributed by atoms with van der Waals surface area (Å²) in [5.74, 6) is 0. The van der Waals surface area contributed by atoms with Gasteiger partial charge in [-0.25, -0.2) is 0 Å². The van der Waals surface area contributed by atoms with E-state index >= 15 is 0 Å². The van der Waals surface area contributed by atoms with Crippen molar-refractivity contribution in [2.75, 3.05) is 0 Å². The molecule has 0 saturated heterocycles. The van der Waals surface area contributed by atoms with Gasteiger partial charge >= 0.3 is 334 Å². The van der Waals surface area contributed by atoms with Crippen molar-refractivity contribution in [1.82, 2.24) is 0 Å². The van der Waals surface area contributed by atoms with Crippen LogP contribution in [0.5, 0.6) is 0 Å².